The number of carboxylic acids is 1. The summed E-state index contributed by atoms with van der Waals surface area (Å²) in [6, 6.07) is 5.54. The lowest BCUT2D eigenvalue weighted by Gasteiger charge is -2.21. The monoisotopic (exact) mass is 233 g/mol. The van der Waals surface area contributed by atoms with E-state index in [9.17, 15) is 14.7 Å². The van der Waals surface area contributed by atoms with Gasteiger partial charge in [-0.2, -0.15) is 0 Å². The molecule has 0 radical (unpaired) electrons. The van der Waals surface area contributed by atoms with E-state index < -0.39 is 11.4 Å². The van der Waals surface area contributed by atoms with Gasteiger partial charge < -0.3 is 5.11 Å². The minimum atomic E-state index is -1.16. The summed E-state index contributed by atoms with van der Waals surface area (Å²) in [5, 5.41) is 9.27. The molecule has 1 heterocycles. The predicted octanol–water partition coefficient (Wildman–Crippen LogP) is 1.84. The third-order valence-corrected chi connectivity index (χ3v) is 3.48. The standard InChI is InChI=1S/C13H15NO3/c15-11-5-3-7-13(11,12(16)17)8-6-10-4-1-2-9-14-10/h1-2,4,9H,3,5-8H2,(H,16,17). The van der Waals surface area contributed by atoms with Crippen LogP contribution in [0.3, 0.4) is 0 Å². The topological polar surface area (TPSA) is 67.3 Å². The number of aryl methyl sites for hydroxylation is 1. The van der Waals surface area contributed by atoms with Gasteiger partial charge in [-0.25, -0.2) is 0 Å². The van der Waals surface area contributed by atoms with E-state index in [0.717, 1.165) is 5.69 Å². The molecule has 1 fully saturated rings. The van der Waals surface area contributed by atoms with Gasteiger partial charge in [0, 0.05) is 18.3 Å². The number of aliphatic carboxylic acids is 1. The summed E-state index contributed by atoms with van der Waals surface area (Å²) in [6.45, 7) is 0. The highest BCUT2D eigenvalue weighted by molar-refractivity contribution is 6.04. The first-order chi connectivity index (χ1) is 8.15. The lowest BCUT2D eigenvalue weighted by atomic mass is 9.80. The molecule has 0 spiro atoms. The van der Waals surface area contributed by atoms with Gasteiger partial charge in [0.15, 0.2) is 0 Å². The first-order valence-electron chi connectivity index (χ1n) is 5.82. The van der Waals surface area contributed by atoms with E-state index in [4.69, 9.17) is 0 Å². The quantitative estimate of drug-likeness (QED) is 0.806. The van der Waals surface area contributed by atoms with Crippen LogP contribution in [0.5, 0.6) is 0 Å². The van der Waals surface area contributed by atoms with Gasteiger partial charge in [0.05, 0.1) is 0 Å². The van der Waals surface area contributed by atoms with Gasteiger partial charge in [-0.1, -0.05) is 6.07 Å². The summed E-state index contributed by atoms with van der Waals surface area (Å²) in [6.07, 6.45) is 4.13. The van der Waals surface area contributed by atoms with Gasteiger partial charge in [-0.15, -0.1) is 0 Å². The number of hydrogen-bond acceptors (Lipinski definition) is 3. The van der Waals surface area contributed by atoms with Crippen LogP contribution in [-0.2, 0) is 16.0 Å². The number of ketones is 1. The van der Waals surface area contributed by atoms with E-state index in [1.54, 1.807) is 6.20 Å². The van der Waals surface area contributed by atoms with E-state index >= 15 is 0 Å². The Morgan fingerprint density at radius 2 is 2.29 bits per heavy atom. The summed E-state index contributed by atoms with van der Waals surface area (Å²) in [5.41, 5.74) is -0.315. The maximum Gasteiger partial charge on any atom is 0.317 e. The fourth-order valence-electron chi connectivity index (χ4n) is 2.41. The zero-order valence-corrected chi connectivity index (χ0v) is 9.56. The molecule has 0 saturated heterocycles. The summed E-state index contributed by atoms with van der Waals surface area (Å²) in [5.74, 6) is -1.10. The van der Waals surface area contributed by atoms with Crippen molar-refractivity contribution in [3.63, 3.8) is 0 Å². The van der Waals surface area contributed by atoms with Crippen LogP contribution in [0.15, 0.2) is 24.4 Å². The van der Waals surface area contributed by atoms with Crippen molar-refractivity contribution in [1.82, 2.24) is 4.98 Å². The fraction of sp³-hybridized carbons (Fsp3) is 0.462. The molecule has 2 rings (SSSR count). The molecule has 1 saturated carbocycles. The highest BCUT2D eigenvalue weighted by Crippen LogP contribution is 2.39. The van der Waals surface area contributed by atoms with Crippen molar-refractivity contribution in [3.05, 3.63) is 30.1 Å². The van der Waals surface area contributed by atoms with Crippen LogP contribution < -0.4 is 0 Å². The van der Waals surface area contributed by atoms with Crippen LogP contribution in [0.1, 0.15) is 31.4 Å². The van der Waals surface area contributed by atoms with E-state index in [1.165, 1.54) is 0 Å². The minimum Gasteiger partial charge on any atom is -0.480 e. The Morgan fingerprint density at radius 3 is 2.82 bits per heavy atom. The number of Topliss-reactive ketones (excluding diaryl/α,β-unsaturated/α-hetero) is 1. The van der Waals surface area contributed by atoms with Crippen LogP contribution in [0.2, 0.25) is 0 Å². The number of carboxylic acid groups (broad SMARTS) is 1. The van der Waals surface area contributed by atoms with Gasteiger partial charge in [-0.3, -0.25) is 14.6 Å². The lowest BCUT2D eigenvalue weighted by molar-refractivity contribution is -0.153. The van der Waals surface area contributed by atoms with Crippen molar-refractivity contribution in [3.8, 4) is 0 Å². The molecule has 17 heavy (non-hydrogen) atoms. The average molecular weight is 233 g/mol. The van der Waals surface area contributed by atoms with Gasteiger partial charge in [0.2, 0.25) is 0 Å². The molecule has 0 bridgehead atoms. The lowest BCUT2D eigenvalue weighted by Crippen LogP contribution is -2.35. The molecule has 4 nitrogen and oxygen atoms in total. The van der Waals surface area contributed by atoms with Crippen LogP contribution in [0, 0.1) is 5.41 Å². The van der Waals surface area contributed by atoms with Gasteiger partial charge in [0.1, 0.15) is 11.2 Å². The second kappa shape index (κ2) is 4.65. The molecule has 90 valence electrons. The average Bonchev–Trinajstić information content (AvgIpc) is 2.71. The number of carbonyl (C=O) groups is 2. The van der Waals surface area contributed by atoms with Crippen LogP contribution in [-0.4, -0.2) is 21.8 Å². The number of carbonyl (C=O) groups excluding carboxylic acids is 1. The van der Waals surface area contributed by atoms with Crippen molar-refractivity contribution in [2.75, 3.05) is 0 Å². The fourth-order valence-corrected chi connectivity index (χ4v) is 2.41. The molecule has 1 atom stereocenters. The van der Waals surface area contributed by atoms with E-state index in [-0.39, 0.29) is 5.78 Å². The molecule has 0 amide bonds. The van der Waals surface area contributed by atoms with Crippen molar-refractivity contribution < 1.29 is 14.7 Å². The van der Waals surface area contributed by atoms with Crippen molar-refractivity contribution in [2.45, 2.75) is 32.1 Å². The largest absolute Gasteiger partial charge is 0.480 e. The number of aromatic nitrogens is 1. The Hall–Kier alpha value is -1.71. The smallest absolute Gasteiger partial charge is 0.317 e. The molecule has 1 aliphatic carbocycles. The Kier molecular flexibility index (Phi) is 3.22. The molecular formula is C13H15NO3. The normalized spacial score (nSPS) is 23.9. The number of nitrogens with zero attached hydrogens (tertiary/aromatic N) is 1. The minimum absolute atomic E-state index is 0.124. The SMILES string of the molecule is O=C(O)C1(CCc2ccccn2)CCCC1=O. The first-order valence-corrected chi connectivity index (χ1v) is 5.82. The molecule has 1 aliphatic rings. The molecule has 1 N–H and O–H groups in total. The highest BCUT2D eigenvalue weighted by Gasteiger charge is 2.48. The first kappa shape index (κ1) is 11.8. The third kappa shape index (κ3) is 2.20. The molecule has 4 heteroatoms. The summed E-state index contributed by atoms with van der Waals surface area (Å²) in [7, 11) is 0. The summed E-state index contributed by atoms with van der Waals surface area (Å²) < 4.78 is 0. The summed E-state index contributed by atoms with van der Waals surface area (Å²) in [4.78, 5) is 27.2. The molecular weight excluding hydrogens is 218 g/mol. The number of rotatable bonds is 4. The zero-order valence-electron chi connectivity index (χ0n) is 9.56. The van der Waals surface area contributed by atoms with Gasteiger partial charge in [-0.05, 0) is 37.8 Å². The predicted molar refractivity (Wildman–Crippen MR) is 61.5 cm³/mol. The number of pyridine rings is 1. The highest BCUT2D eigenvalue weighted by atomic mass is 16.4. The number of hydrogen-bond donors (Lipinski definition) is 1. The Balaban J connectivity index is 2.10. The molecule has 1 aromatic rings. The van der Waals surface area contributed by atoms with Crippen molar-refractivity contribution in [1.29, 1.82) is 0 Å². The Labute approximate surface area is 99.7 Å². The van der Waals surface area contributed by atoms with Crippen molar-refractivity contribution >= 4 is 11.8 Å². The second-order valence-corrected chi connectivity index (χ2v) is 4.49. The Bertz CT molecular complexity index is 430. The molecule has 1 aromatic heterocycles. The summed E-state index contributed by atoms with van der Waals surface area (Å²) >= 11 is 0. The van der Waals surface area contributed by atoms with E-state index in [0.29, 0.717) is 32.1 Å². The van der Waals surface area contributed by atoms with Crippen LogP contribution in [0.25, 0.3) is 0 Å². The van der Waals surface area contributed by atoms with Crippen LogP contribution in [0.4, 0.5) is 0 Å². The zero-order chi connectivity index (χ0) is 12.3. The molecule has 0 aliphatic heterocycles. The maximum absolute atomic E-state index is 11.8. The maximum atomic E-state index is 11.8. The van der Waals surface area contributed by atoms with E-state index in [1.807, 2.05) is 18.2 Å². The third-order valence-electron chi connectivity index (χ3n) is 3.48. The Morgan fingerprint density at radius 1 is 1.47 bits per heavy atom. The molecule has 0 aromatic carbocycles. The molecule has 1 unspecified atom stereocenters. The van der Waals surface area contributed by atoms with Gasteiger partial charge in [0.25, 0.3) is 0 Å². The van der Waals surface area contributed by atoms with E-state index in [2.05, 4.69) is 4.98 Å². The van der Waals surface area contributed by atoms with Crippen LogP contribution >= 0.6 is 0 Å². The second-order valence-electron chi connectivity index (χ2n) is 4.49. The van der Waals surface area contributed by atoms with Gasteiger partial charge >= 0.3 is 5.97 Å². The van der Waals surface area contributed by atoms with Crippen molar-refractivity contribution in [2.24, 2.45) is 5.41 Å².